The van der Waals surface area contributed by atoms with Crippen molar-refractivity contribution in [3.63, 3.8) is 0 Å². The summed E-state index contributed by atoms with van der Waals surface area (Å²) in [4.78, 5) is 23.5. The number of imide groups is 1. The smallest absolute Gasteiger partial charge is 0.321 e. The first-order valence-corrected chi connectivity index (χ1v) is 7.88. The van der Waals surface area contributed by atoms with Crippen LogP contribution in [0.1, 0.15) is 33.6 Å². The van der Waals surface area contributed by atoms with E-state index in [9.17, 15) is 9.59 Å². The number of nitrogens with one attached hydrogen (secondary N) is 2. The van der Waals surface area contributed by atoms with Crippen molar-refractivity contribution in [2.24, 2.45) is 5.92 Å². The quantitative estimate of drug-likeness (QED) is 0.753. The van der Waals surface area contributed by atoms with Crippen LogP contribution in [0.2, 0.25) is 0 Å². The lowest BCUT2D eigenvalue weighted by Gasteiger charge is -2.12. The average molecular weight is 312 g/mol. The van der Waals surface area contributed by atoms with Gasteiger partial charge in [-0.25, -0.2) is 9.48 Å². The van der Waals surface area contributed by atoms with Crippen molar-refractivity contribution in [1.82, 2.24) is 30.8 Å². The predicted molar refractivity (Wildman–Crippen MR) is 77.7 cm³/mol. The van der Waals surface area contributed by atoms with Gasteiger partial charge in [-0.15, -0.1) is 5.10 Å². The minimum atomic E-state index is -0.452. The monoisotopic (exact) mass is 312 g/mol. The zero-order chi connectivity index (χ0) is 15.4. The van der Waals surface area contributed by atoms with E-state index in [1.165, 1.54) is 11.8 Å². The van der Waals surface area contributed by atoms with Gasteiger partial charge in [0.05, 0.1) is 5.25 Å². The van der Waals surface area contributed by atoms with Crippen molar-refractivity contribution in [3.8, 4) is 0 Å². The molecule has 9 heteroatoms. The fourth-order valence-corrected chi connectivity index (χ4v) is 2.41. The normalized spacial score (nSPS) is 15.8. The van der Waals surface area contributed by atoms with Crippen molar-refractivity contribution >= 4 is 23.7 Å². The van der Waals surface area contributed by atoms with Gasteiger partial charge in [-0.3, -0.25) is 10.1 Å². The highest BCUT2D eigenvalue weighted by Gasteiger charge is 2.25. The van der Waals surface area contributed by atoms with Gasteiger partial charge in [0.15, 0.2) is 0 Å². The molecule has 1 unspecified atom stereocenters. The Morgan fingerprint density at radius 3 is 2.71 bits per heavy atom. The van der Waals surface area contributed by atoms with Gasteiger partial charge in [-0.2, -0.15) is 0 Å². The number of aromatic nitrogens is 4. The third kappa shape index (κ3) is 5.00. The number of hydrogen-bond acceptors (Lipinski definition) is 6. The molecule has 0 radical (unpaired) electrons. The summed E-state index contributed by atoms with van der Waals surface area (Å²) in [5.74, 6) is 0.0542. The second-order valence-corrected chi connectivity index (χ2v) is 6.84. The number of amides is 3. The molecule has 0 bridgehead atoms. The first-order valence-electron chi connectivity index (χ1n) is 7.00. The van der Waals surface area contributed by atoms with Gasteiger partial charge in [-0.05, 0) is 36.1 Å². The maximum Gasteiger partial charge on any atom is 0.321 e. The Bertz CT molecular complexity index is 514. The molecule has 2 N–H and O–H groups in total. The lowest BCUT2D eigenvalue weighted by molar-refractivity contribution is -0.119. The third-order valence-corrected chi connectivity index (χ3v) is 3.91. The molecular weight excluding hydrogens is 292 g/mol. The van der Waals surface area contributed by atoms with Crippen LogP contribution in [0, 0.1) is 5.92 Å². The van der Waals surface area contributed by atoms with E-state index in [-0.39, 0.29) is 11.9 Å². The minimum Gasteiger partial charge on any atom is -0.335 e. The molecule has 8 nitrogen and oxygen atoms in total. The Morgan fingerprint density at radius 1 is 1.38 bits per heavy atom. The standard InChI is InChI=1S/C12H20N6O2S/c1-7(2)6-18-12(15-16-17-18)21-8(3)10(19)14-11(20)13-9-4-5-9/h7-9H,4-6H2,1-3H3,(H2,13,14,19,20). The van der Waals surface area contributed by atoms with Gasteiger partial charge in [0, 0.05) is 12.6 Å². The largest absolute Gasteiger partial charge is 0.335 e. The summed E-state index contributed by atoms with van der Waals surface area (Å²) >= 11 is 1.24. The summed E-state index contributed by atoms with van der Waals surface area (Å²) in [5.41, 5.74) is 0. The lowest BCUT2D eigenvalue weighted by atomic mass is 10.2. The highest BCUT2D eigenvalue weighted by atomic mass is 32.2. The molecule has 1 aromatic heterocycles. The van der Waals surface area contributed by atoms with Crippen LogP contribution in [0.25, 0.3) is 0 Å². The van der Waals surface area contributed by atoms with Gasteiger partial charge < -0.3 is 5.32 Å². The molecular formula is C12H20N6O2S. The summed E-state index contributed by atoms with van der Waals surface area (Å²) in [6.45, 7) is 6.54. The van der Waals surface area contributed by atoms with Gasteiger partial charge in [0.25, 0.3) is 0 Å². The van der Waals surface area contributed by atoms with Crippen LogP contribution in [-0.2, 0) is 11.3 Å². The first kappa shape index (κ1) is 15.7. The SMILES string of the molecule is CC(C)Cn1nnnc1SC(C)C(=O)NC(=O)NC1CC1. The van der Waals surface area contributed by atoms with Crippen molar-refractivity contribution in [2.75, 3.05) is 0 Å². The zero-order valence-corrected chi connectivity index (χ0v) is 13.2. The second kappa shape index (κ2) is 6.88. The summed E-state index contributed by atoms with van der Waals surface area (Å²) in [7, 11) is 0. The molecule has 0 aliphatic heterocycles. The number of tetrazole rings is 1. The van der Waals surface area contributed by atoms with E-state index in [4.69, 9.17) is 0 Å². The van der Waals surface area contributed by atoms with Crippen LogP contribution in [0.15, 0.2) is 5.16 Å². The van der Waals surface area contributed by atoms with Crippen LogP contribution < -0.4 is 10.6 Å². The lowest BCUT2D eigenvalue weighted by Crippen LogP contribution is -2.43. The zero-order valence-electron chi connectivity index (χ0n) is 12.4. The molecule has 0 spiro atoms. The fraction of sp³-hybridized carbons (Fsp3) is 0.750. The summed E-state index contributed by atoms with van der Waals surface area (Å²) in [6, 6.07) is -0.212. The number of carbonyl (C=O) groups is 2. The number of thioether (sulfide) groups is 1. The minimum absolute atomic E-state index is 0.221. The first-order chi connectivity index (χ1) is 9.95. The summed E-state index contributed by atoms with van der Waals surface area (Å²) < 4.78 is 1.67. The van der Waals surface area contributed by atoms with Gasteiger partial charge in [-0.1, -0.05) is 25.6 Å². The molecule has 1 heterocycles. The van der Waals surface area contributed by atoms with Crippen LogP contribution in [0.4, 0.5) is 4.79 Å². The van der Waals surface area contributed by atoms with E-state index < -0.39 is 11.3 Å². The van der Waals surface area contributed by atoms with E-state index in [1.807, 2.05) is 0 Å². The Hall–Kier alpha value is -1.64. The van der Waals surface area contributed by atoms with Gasteiger partial charge in [0.2, 0.25) is 11.1 Å². The van der Waals surface area contributed by atoms with Crippen LogP contribution in [-0.4, -0.2) is 43.4 Å². The molecule has 0 saturated heterocycles. The maximum atomic E-state index is 11.9. The van der Waals surface area contributed by atoms with Crippen LogP contribution >= 0.6 is 11.8 Å². The van der Waals surface area contributed by atoms with Crippen LogP contribution in [0.3, 0.4) is 0 Å². The molecule has 1 fully saturated rings. The Morgan fingerprint density at radius 2 is 2.10 bits per heavy atom. The van der Waals surface area contributed by atoms with Crippen molar-refractivity contribution < 1.29 is 9.59 Å². The number of hydrogen-bond donors (Lipinski definition) is 2. The van der Waals surface area contributed by atoms with Crippen molar-refractivity contribution in [2.45, 2.75) is 56.6 Å². The van der Waals surface area contributed by atoms with Gasteiger partial charge >= 0.3 is 6.03 Å². The van der Waals surface area contributed by atoms with E-state index >= 15 is 0 Å². The maximum absolute atomic E-state index is 11.9. The average Bonchev–Trinajstić information content (AvgIpc) is 3.10. The fourth-order valence-electron chi connectivity index (χ4n) is 1.62. The molecule has 1 saturated carbocycles. The molecule has 1 aliphatic rings. The predicted octanol–water partition coefficient (Wildman–Crippen LogP) is 0.798. The molecule has 21 heavy (non-hydrogen) atoms. The Balaban J connectivity index is 1.84. The molecule has 2 rings (SSSR count). The second-order valence-electron chi connectivity index (χ2n) is 5.53. The van der Waals surface area contributed by atoms with E-state index in [0.29, 0.717) is 17.6 Å². The summed E-state index contributed by atoms with van der Waals surface area (Å²) in [6.07, 6.45) is 1.96. The molecule has 1 aliphatic carbocycles. The number of rotatable bonds is 6. The summed E-state index contributed by atoms with van der Waals surface area (Å²) in [5, 5.41) is 16.6. The molecule has 1 aromatic rings. The molecule has 116 valence electrons. The molecule has 3 amide bonds. The molecule has 1 atom stereocenters. The van der Waals surface area contributed by atoms with E-state index in [1.54, 1.807) is 11.6 Å². The topological polar surface area (TPSA) is 102 Å². The number of urea groups is 1. The van der Waals surface area contributed by atoms with Gasteiger partial charge in [0.1, 0.15) is 0 Å². The Kier molecular flexibility index (Phi) is 5.16. The number of carbonyl (C=O) groups excluding carboxylic acids is 2. The highest BCUT2D eigenvalue weighted by molar-refractivity contribution is 8.00. The van der Waals surface area contributed by atoms with E-state index in [2.05, 4.69) is 40.0 Å². The number of nitrogens with zero attached hydrogens (tertiary/aromatic N) is 4. The van der Waals surface area contributed by atoms with Crippen molar-refractivity contribution in [1.29, 1.82) is 0 Å². The van der Waals surface area contributed by atoms with E-state index in [0.717, 1.165) is 12.8 Å². The highest BCUT2D eigenvalue weighted by Crippen LogP contribution is 2.21. The molecule has 0 aromatic carbocycles. The van der Waals surface area contributed by atoms with Crippen LogP contribution in [0.5, 0.6) is 0 Å². The van der Waals surface area contributed by atoms with Crippen molar-refractivity contribution in [3.05, 3.63) is 0 Å². The third-order valence-electron chi connectivity index (χ3n) is 2.84. The Labute approximate surface area is 127 Å².